The highest BCUT2D eigenvalue weighted by molar-refractivity contribution is 6.31. The smallest absolute Gasteiger partial charge is 0.230 e. The molecule has 5 nitrogen and oxygen atoms in total. The maximum Gasteiger partial charge on any atom is 0.230 e. The van der Waals surface area contributed by atoms with Gasteiger partial charge in [0.2, 0.25) is 16.5 Å². The van der Waals surface area contributed by atoms with E-state index >= 15 is 0 Å². The first-order valence-electron chi connectivity index (χ1n) is 6.12. The second kappa shape index (κ2) is 5.99. The van der Waals surface area contributed by atoms with E-state index in [1.807, 2.05) is 11.9 Å². The predicted octanol–water partition coefficient (Wildman–Crippen LogP) is 2.10. The number of aromatic nitrogens is 3. The fourth-order valence-electron chi connectivity index (χ4n) is 2.40. The van der Waals surface area contributed by atoms with E-state index in [0.29, 0.717) is 12.0 Å². The molecule has 100 valence electrons. The Balaban J connectivity index is 2.04. The Morgan fingerprint density at radius 2 is 1.94 bits per heavy atom. The van der Waals surface area contributed by atoms with Gasteiger partial charge in [-0.15, -0.1) is 0 Å². The van der Waals surface area contributed by atoms with Crippen molar-refractivity contribution in [3.63, 3.8) is 0 Å². The minimum Gasteiger partial charge on any atom is -0.342 e. The summed E-state index contributed by atoms with van der Waals surface area (Å²) in [6.07, 6.45) is 2.47. The molecule has 0 aliphatic carbocycles. The first-order valence-corrected chi connectivity index (χ1v) is 6.88. The minimum atomic E-state index is 0.135. The molecule has 0 spiro atoms. The lowest BCUT2D eigenvalue weighted by molar-refractivity contribution is 0.270. The van der Waals surface area contributed by atoms with Gasteiger partial charge >= 0.3 is 0 Å². The summed E-state index contributed by atoms with van der Waals surface area (Å²) in [6.45, 7) is 5.32. The monoisotopic (exact) mass is 289 g/mol. The van der Waals surface area contributed by atoms with Crippen molar-refractivity contribution in [3.8, 4) is 0 Å². The lowest BCUT2D eigenvalue weighted by Gasteiger charge is -2.27. The molecule has 0 N–H and O–H groups in total. The maximum atomic E-state index is 5.78. The van der Waals surface area contributed by atoms with Crippen molar-refractivity contribution in [1.29, 1.82) is 0 Å². The molecule has 1 aliphatic rings. The Bertz CT molecular complexity index is 394. The summed E-state index contributed by atoms with van der Waals surface area (Å²) >= 11 is 11.6. The third-order valence-corrected chi connectivity index (χ3v) is 3.64. The van der Waals surface area contributed by atoms with Gasteiger partial charge in [-0.05, 0) is 49.1 Å². The van der Waals surface area contributed by atoms with Crippen LogP contribution in [-0.4, -0.2) is 52.6 Å². The highest BCUT2D eigenvalue weighted by Gasteiger charge is 2.25. The zero-order chi connectivity index (χ0) is 13.1. The van der Waals surface area contributed by atoms with Crippen molar-refractivity contribution >= 4 is 29.2 Å². The van der Waals surface area contributed by atoms with E-state index in [9.17, 15) is 0 Å². The zero-order valence-corrected chi connectivity index (χ0v) is 12.1. The Kier molecular flexibility index (Phi) is 4.59. The molecule has 0 amide bonds. The van der Waals surface area contributed by atoms with Gasteiger partial charge in [-0.1, -0.05) is 6.92 Å². The van der Waals surface area contributed by atoms with Crippen LogP contribution in [0.4, 0.5) is 5.95 Å². The summed E-state index contributed by atoms with van der Waals surface area (Å²) in [5, 5.41) is 0.270. The number of hydrogen-bond acceptors (Lipinski definition) is 5. The number of hydrogen-bond donors (Lipinski definition) is 0. The van der Waals surface area contributed by atoms with E-state index in [4.69, 9.17) is 23.2 Å². The summed E-state index contributed by atoms with van der Waals surface area (Å²) in [5.41, 5.74) is 0. The molecule has 1 fully saturated rings. The second-order valence-electron chi connectivity index (χ2n) is 4.48. The molecule has 0 aromatic carbocycles. The van der Waals surface area contributed by atoms with E-state index in [0.717, 1.165) is 13.1 Å². The number of anilines is 1. The number of likely N-dealkylation sites (tertiary alicyclic amines) is 1. The van der Waals surface area contributed by atoms with Crippen molar-refractivity contribution in [1.82, 2.24) is 19.9 Å². The highest BCUT2D eigenvalue weighted by atomic mass is 35.5. The number of nitrogens with zero attached hydrogens (tertiary/aromatic N) is 5. The normalized spacial score (nSPS) is 20.3. The minimum absolute atomic E-state index is 0.135. The largest absolute Gasteiger partial charge is 0.342 e. The molecule has 0 bridgehead atoms. The van der Waals surface area contributed by atoms with Crippen LogP contribution in [0.3, 0.4) is 0 Å². The van der Waals surface area contributed by atoms with E-state index in [-0.39, 0.29) is 10.6 Å². The number of halogens is 2. The Labute approximate surface area is 117 Å². The molecule has 0 saturated carbocycles. The fourth-order valence-corrected chi connectivity index (χ4v) is 2.76. The van der Waals surface area contributed by atoms with Crippen LogP contribution in [0.1, 0.15) is 19.8 Å². The van der Waals surface area contributed by atoms with E-state index in [2.05, 4.69) is 26.8 Å². The first kappa shape index (κ1) is 13.8. The molecule has 1 aromatic heterocycles. The van der Waals surface area contributed by atoms with Gasteiger partial charge in [0.05, 0.1) is 0 Å². The summed E-state index contributed by atoms with van der Waals surface area (Å²) in [5.74, 6) is 0.531. The molecular weight excluding hydrogens is 273 g/mol. The lowest BCUT2D eigenvalue weighted by atomic mass is 10.2. The Hall–Kier alpha value is -0.650. The average Bonchev–Trinajstić information content (AvgIpc) is 2.75. The quantitative estimate of drug-likeness (QED) is 0.849. The summed E-state index contributed by atoms with van der Waals surface area (Å²) in [4.78, 5) is 16.4. The number of rotatable bonds is 4. The molecule has 2 rings (SSSR count). The SMILES string of the molecule is CCN1CCCC1CN(C)c1nc(Cl)nc(Cl)n1. The Morgan fingerprint density at radius 3 is 2.56 bits per heavy atom. The molecule has 2 heterocycles. The van der Waals surface area contributed by atoms with Crippen LogP contribution in [0, 0.1) is 0 Å². The van der Waals surface area contributed by atoms with Crippen molar-refractivity contribution in [2.45, 2.75) is 25.8 Å². The maximum absolute atomic E-state index is 5.78. The highest BCUT2D eigenvalue weighted by Crippen LogP contribution is 2.19. The van der Waals surface area contributed by atoms with Gasteiger partial charge < -0.3 is 4.90 Å². The molecule has 1 atom stereocenters. The molecule has 1 aromatic rings. The van der Waals surface area contributed by atoms with Gasteiger partial charge in [0.25, 0.3) is 0 Å². The summed E-state index contributed by atoms with van der Waals surface area (Å²) < 4.78 is 0. The van der Waals surface area contributed by atoms with Gasteiger partial charge in [-0.25, -0.2) is 0 Å². The Morgan fingerprint density at radius 1 is 1.28 bits per heavy atom. The second-order valence-corrected chi connectivity index (χ2v) is 5.15. The van der Waals surface area contributed by atoms with Gasteiger partial charge in [-0.3, -0.25) is 4.90 Å². The summed E-state index contributed by atoms with van der Waals surface area (Å²) in [6, 6.07) is 0.550. The van der Waals surface area contributed by atoms with E-state index < -0.39 is 0 Å². The first-order chi connectivity index (χ1) is 8.60. The van der Waals surface area contributed by atoms with Crippen LogP contribution in [0.25, 0.3) is 0 Å². The average molecular weight is 290 g/mol. The predicted molar refractivity (Wildman–Crippen MR) is 73.4 cm³/mol. The van der Waals surface area contributed by atoms with Crippen LogP contribution < -0.4 is 4.90 Å². The zero-order valence-electron chi connectivity index (χ0n) is 10.6. The lowest BCUT2D eigenvalue weighted by Crippen LogP contribution is -2.39. The molecule has 1 unspecified atom stereocenters. The van der Waals surface area contributed by atoms with Gasteiger partial charge in [0.15, 0.2) is 0 Å². The third kappa shape index (κ3) is 3.22. The number of likely N-dealkylation sites (N-methyl/N-ethyl adjacent to an activating group) is 2. The van der Waals surface area contributed by atoms with E-state index in [1.165, 1.54) is 19.4 Å². The molecule has 1 aliphatic heterocycles. The van der Waals surface area contributed by atoms with Gasteiger partial charge in [0, 0.05) is 19.6 Å². The fraction of sp³-hybridized carbons (Fsp3) is 0.727. The van der Waals surface area contributed by atoms with Crippen LogP contribution in [0.5, 0.6) is 0 Å². The molecule has 18 heavy (non-hydrogen) atoms. The van der Waals surface area contributed by atoms with Crippen molar-refractivity contribution in [2.24, 2.45) is 0 Å². The molecule has 7 heteroatoms. The topological polar surface area (TPSA) is 45.2 Å². The molecular formula is C11H17Cl2N5. The van der Waals surface area contributed by atoms with Crippen LogP contribution in [0.15, 0.2) is 0 Å². The molecule has 1 saturated heterocycles. The third-order valence-electron chi connectivity index (χ3n) is 3.30. The molecule has 0 radical (unpaired) electrons. The van der Waals surface area contributed by atoms with Crippen LogP contribution in [-0.2, 0) is 0 Å². The van der Waals surface area contributed by atoms with Crippen LogP contribution in [0.2, 0.25) is 10.6 Å². The van der Waals surface area contributed by atoms with Crippen LogP contribution >= 0.6 is 23.2 Å². The van der Waals surface area contributed by atoms with Crippen molar-refractivity contribution in [2.75, 3.05) is 31.6 Å². The van der Waals surface area contributed by atoms with E-state index in [1.54, 1.807) is 0 Å². The standard InChI is InChI=1S/C11H17Cl2N5/c1-3-18-6-4-5-8(18)7-17(2)11-15-9(12)14-10(13)16-11/h8H,3-7H2,1-2H3. The van der Waals surface area contributed by atoms with Gasteiger partial charge in [0.1, 0.15) is 0 Å². The van der Waals surface area contributed by atoms with Crippen molar-refractivity contribution < 1.29 is 0 Å². The summed E-state index contributed by atoms with van der Waals surface area (Å²) in [7, 11) is 1.95. The van der Waals surface area contributed by atoms with Gasteiger partial charge in [-0.2, -0.15) is 15.0 Å². The van der Waals surface area contributed by atoms with Crippen molar-refractivity contribution in [3.05, 3.63) is 10.6 Å².